The van der Waals surface area contributed by atoms with E-state index in [2.05, 4.69) is 6.07 Å². The molecule has 1 aromatic rings. The van der Waals surface area contributed by atoms with E-state index < -0.39 is 12.0 Å². The third-order valence-electron chi connectivity index (χ3n) is 2.93. The van der Waals surface area contributed by atoms with Crippen LogP contribution in [0.25, 0.3) is 0 Å². The lowest BCUT2D eigenvalue weighted by Crippen LogP contribution is -2.23. The Morgan fingerprint density at radius 2 is 1.75 bits per heavy atom. The summed E-state index contributed by atoms with van der Waals surface area (Å²) in [6.07, 6.45) is -0.961. The molecule has 0 bridgehead atoms. The molecule has 0 saturated heterocycles. The fraction of sp³-hybridized carbons (Fsp3) is 0.500. The van der Waals surface area contributed by atoms with Gasteiger partial charge in [-0.2, -0.15) is 5.26 Å². The zero-order valence-corrected chi connectivity index (χ0v) is 12.0. The lowest BCUT2D eigenvalue weighted by Gasteiger charge is -2.21. The number of hydrogen-bond acceptors (Lipinski definition) is 6. The van der Waals surface area contributed by atoms with Crippen LogP contribution in [0.1, 0.15) is 11.5 Å². The zero-order chi connectivity index (χ0) is 15.1. The van der Waals surface area contributed by atoms with Gasteiger partial charge >= 0.3 is 0 Å². The molecule has 110 valence electrons. The van der Waals surface area contributed by atoms with Crippen molar-refractivity contribution in [3.8, 4) is 23.3 Å². The Kier molecular flexibility index (Phi) is 6.10. The Morgan fingerprint density at radius 1 is 1.10 bits per heavy atom. The maximum Gasteiger partial charge on any atom is 0.203 e. The minimum absolute atomic E-state index is 0.0513. The van der Waals surface area contributed by atoms with E-state index >= 15 is 0 Å². The minimum atomic E-state index is -0.961. The molecule has 6 heteroatoms. The molecule has 1 aromatic carbocycles. The fourth-order valence-electron chi connectivity index (χ4n) is 2.00. The molecule has 0 heterocycles. The van der Waals surface area contributed by atoms with Crippen LogP contribution in [-0.2, 0) is 4.74 Å². The van der Waals surface area contributed by atoms with Crippen molar-refractivity contribution in [3.05, 3.63) is 17.7 Å². The van der Waals surface area contributed by atoms with Gasteiger partial charge in [-0.05, 0) is 12.1 Å². The summed E-state index contributed by atoms with van der Waals surface area (Å²) < 4.78 is 20.6. The Labute approximate surface area is 118 Å². The standard InChI is InChI=1S/C14H19NO5/c1-17-8-11(16)10(7-15)9-5-6-12(18-2)14(20-4)13(9)19-3/h5-6,10-11,16H,8H2,1-4H3. The molecule has 0 aromatic heterocycles. The van der Waals surface area contributed by atoms with Gasteiger partial charge in [0.25, 0.3) is 0 Å². The molecule has 1 rings (SSSR count). The van der Waals surface area contributed by atoms with Gasteiger partial charge in [0.05, 0.1) is 40.1 Å². The molecule has 2 unspecified atom stereocenters. The van der Waals surface area contributed by atoms with Gasteiger partial charge in [-0.3, -0.25) is 0 Å². The first-order valence-electron chi connectivity index (χ1n) is 6.00. The second kappa shape index (κ2) is 7.58. The molecule has 0 saturated carbocycles. The smallest absolute Gasteiger partial charge is 0.203 e. The number of aliphatic hydroxyl groups excluding tert-OH is 1. The van der Waals surface area contributed by atoms with E-state index in [0.29, 0.717) is 22.8 Å². The SMILES string of the molecule is COCC(O)C(C#N)c1ccc(OC)c(OC)c1OC. The molecule has 1 N–H and O–H groups in total. The van der Waals surface area contributed by atoms with Crippen LogP contribution < -0.4 is 14.2 Å². The highest BCUT2D eigenvalue weighted by atomic mass is 16.5. The van der Waals surface area contributed by atoms with Crippen LogP contribution in [0.2, 0.25) is 0 Å². The van der Waals surface area contributed by atoms with Crippen molar-refractivity contribution >= 4 is 0 Å². The number of nitriles is 1. The number of hydrogen-bond donors (Lipinski definition) is 1. The number of methoxy groups -OCH3 is 4. The Hall–Kier alpha value is -1.97. The molecule has 0 fully saturated rings. The van der Waals surface area contributed by atoms with Crippen molar-refractivity contribution < 1.29 is 24.1 Å². The maximum absolute atomic E-state index is 10.00. The van der Waals surface area contributed by atoms with Crippen LogP contribution >= 0.6 is 0 Å². The molecule has 0 aliphatic rings. The number of nitrogens with zero attached hydrogens (tertiary/aromatic N) is 1. The fourth-order valence-corrected chi connectivity index (χ4v) is 2.00. The Balaban J connectivity index is 3.33. The van der Waals surface area contributed by atoms with Crippen LogP contribution in [0.15, 0.2) is 12.1 Å². The normalized spacial score (nSPS) is 13.2. The van der Waals surface area contributed by atoms with Gasteiger partial charge in [-0.15, -0.1) is 0 Å². The topological polar surface area (TPSA) is 80.9 Å². The predicted octanol–water partition coefficient (Wildman–Crippen LogP) is 1.33. The molecule has 0 radical (unpaired) electrons. The van der Waals surface area contributed by atoms with Crippen molar-refractivity contribution in [2.24, 2.45) is 0 Å². The molecule has 20 heavy (non-hydrogen) atoms. The lowest BCUT2D eigenvalue weighted by atomic mass is 9.93. The summed E-state index contributed by atoms with van der Waals surface area (Å²) in [4.78, 5) is 0. The molecular formula is C14H19NO5. The van der Waals surface area contributed by atoms with Gasteiger partial charge < -0.3 is 24.1 Å². The summed E-state index contributed by atoms with van der Waals surface area (Å²) in [5.74, 6) is 0.460. The predicted molar refractivity (Wildman–Crippen MR) is 72.3 cm³/mol. The largest absolute Gasteiger partial charge is 0.493 e. The minimum Gasteiger partial charge on any atom is -0.493 e. The first-order chi connectivity index (χ1) is 9.64. The van der Waals surface area contributed by atoms with Gasteiger partial charge in [0.1, 0.15) is 5.92 Å². The zero-order valence-electron chi connectivity index (χ0n) is 12.0. The highest BCUT2D eigenvalue weighted by Gasteiger charge is 2.27. The average Bonchev–Trinajstić information content (AvgIpc) is 2.47. The third-order valence-corrected chi connectivity index (χ3v) is 2.93. The van der Waals surface area contributed by atoms with Crippen molar-refractivity contribution in [2.75, 3.05) is 35.0 Å². The molecule has 0 spiro atoms. The van der Waals surface area contributed by atoms with E-state index in [1.165, 1.54) is 28.4 Å². The molecule has 0 aliphatic heterocycles. The van der Waals surface area contributed by atoms with E-state index in [1.807, 2.05) is 0 Å². The van der Waals surface area contributed by atoms with Gasteiger partial charge in [-0.1, -0.05) is 0 Å². The first-order valence-corrected chi connectivity index (χ1v) is 6.00. The Morgan fingerprint density at radius 3 is 2.20 bits per heavy atom. The third kappa shape index (κ3) is 3.13. The van der Waals surface area contributed by atoms with Gasteiger partial charge in [0.15, 0.2) is 11.5 Å². The summed E-state index contributed by atoms with van der Waals surface area (Å²) >= 11 is 0. The van der Waals surface area contributed by atoms with Crippen molar-refractivity contribution in [1.29, 1.82) is 5.26 Å². The quantitative estimate of drug-likeness (QED) is 0.812. The van der Waals surface area contributed by atoms with Gasteiger partial charge in [0.2, 0.25) is 5.75 Å². The second-order valence-corrected chi connectivity index (χ2v) is 4.05. The van der Waals surface area contributed by atoms with Crippen LogP contribution in [0.5, 0.6) is 17.2 Å². The first kappa shape index (κ1) is 16.1. The number of rotatable bonds is 7. The van der Waals surface area contributed by atoms with Crippen LogP contribution in [-0.4, -0.2) is 46.3 Å². The Bertz CT molecular complexity index is 483. The van der Waals surface area contributed by atoms with Crippen molar-refractivity contribution in [2.45, 2.75) is 12.0 Å². The van der Waals surface area contributed by atoms with Gasteiger partial charge in [0, 0.05) is 12.7 Å². The van der Waals surface area contributed by atoms with Crippen LogP contribution in [0.3, 0.4) is 0 Å². The van der Waals surface area contributed by atoms with Gasteiger partial charge in [-0.25, -0.2) is 0 Å². The number of benzene rings is 1. The molecular weight excluding hydrogens is 262 g/mol. The van der Waals surface area contributed by atoms with Crippen LogP contribution in [0.4, 0.5) is 0 Å². The van der Waals surface area contributed by atoms with E-state index in [4.69, 9.17) is 18.9 Å². The summed E-state index contributed by atoms with van der Waals surface area (Å²) in [6.45, 7) is 0.0513. The highest BCUT2D eigenvalue weighted by Crippen LogP contribution is 2.43. The average molecular weight is 281 g/mol. The van der Waals surface area contributed by atoms with Crippen molar-refractivity contribution in [3.63, 3.8) is 0 Å². The molecule has 2 atom stereocenters. The van der Waals surface area contributed by atoms with E-state index in [1.54, 1.807) is 12.1 Å². The molecule has 0 amide bonds. The maximum atomic E-state index is 10.00. The molecule has 0 aliphatic carbocycles. The lowest BCUT2D eigenvalue weighted by molar-refractivity contribution is 0.0566. The monoisotopic (exact) mass is 281 g/mol. The summed E-state index contributed by atoms with van der Waals surface area (Å²) in [6, 6.07) is 5.40. The van der Waals surface area contributed by atoms with E-state index in [0.717, 1.165) is 0 Å². The highest BCUT2D eigenvalue weighted by molar-refractivity contribution is 5.57. The second-order valence-electron chi connectivity index (χ2n) is 4.05. The number of ether oxygens (including phenoxy) is 4. The summed E-state index contributed by atoms with van der Waals surface area (Å²) in [5, 5.41) is 19.3. The summed E-state index contributed by atoms with van der Waals surface area (Å²) in [7, 11) is 5.93. The van der Waals surface area contributed by atoms with Crippen molar-refractivity contribution in [1.82, 2.24) is 0 Å². The van der Waals surface area contributed by atoms with E-state index in [9.17, 15) is 10.4 Å². The van der Waals surface area contributed by atoms with Crippen LogP contribution in [0, 0.1) is 11.3 Å². The molecule has 6 nitrogen and oxygen atoms in total. The van der Waals surface area contributed by atoms with E-state index in [-0.39, 0.29) is 6.61 Å². The summed E-state index contributed by atoms with van der Waals surface area (Å²) in [5.41, 5.74) is 0.525. The number of aliphatic hydroxyl groups is 1.